The lowest BCUT2D eigenvalue weighted by molar-refractivity contribution is 1.40. The van der Waals surface area contributed by atoms with Crippen LogP contribution in [0.5, 0.6) is 0 Å². The Morgan fingerprint density at radius 3 is 2.38 bits per heavy atom. The molecule has 0 aliphatic heterocycles. The monoisotopic (exact) mass is 177 g/mol. The van der Waals surface area contributed by atoms with Crippen molar-refractivity contribution in [2.75, 3.05) is 7.05 Å². The molecule has 0 aliphatic rings. The van der Waals surface area contributed by atoms with Crippen LogP contribution < -0.4 is 11.5 Å². The zero-order valence-electron chi connectivity index (χ0n) is 4.56. The van der Waals surface area contributed by atoms with E-state index in [1.807, 2.05) is 0 Å². The first kappa shape index (κ1) is 7.49. The van der Waals surface area contributed by atoms with Gasteiger partial charge >= 0.3 is 0 Å². The fourth-order valence-electron chi connectivity index (χ4n) is 0.192. The molecule has 0 heterocycles. The van der Waals surface area contributed by atoms with Gasteiger partial charge < -0.3 is 11.5 Å². The first-order valence-electron chi connectivity index (χ1n) is 2.02. The largest absolute Gasteiger partial charge is 0.404 e. The molecule has 0 saturated heterocycles. The van der Waals surface area contributed by atoms with Gasteiger partial charge in [0.1, 0.15) is 5.84 Å². The molecule has 0 spiro atoms. The molecular formula is C4H8BrN3. The van der Waals surface area contributed by atoms with Gasteiger partial charge in [-0.05, 0) is 15.9 Å². The molecule has 0 amide bonds. The number of hydrogen-bond acceptors (Lipinski definition) is 2. The maximum atomic E-state index is 5.28. The van der Waals surface area contributed by atoms with Gasteiger partial charge in [0.15, 0.2) is 0 Å². The molecule has 4 heteroatoms. The molecule has 0 radical (unpaired) electrons. The molecule has 4 N–H and O–H groups in total. The summed E-state index contributed by atoms with van der Waals surface area (Å²) in [6, 6.07) is 0. The van der Waals surface area contributed by atoms with Crippen LogP contribution in [0.1, 0.15) is 0 Å². The van der Waals surface area contributed by atoms with Gasteiger partial charge in [0.2, 0.25) is 0 Å². The zero-order chi connectivity index (χ0) is 6.57. The van der Waals surface area contributed by atoms with E-state index in [-0.39, 0.29) is 0 Å². The lowest BCUT2D eigenvalue weighted by Crippen LogP contribution is -2.11. The SMILES string of the molecule is CN=C(N)/C(Br)=C\N. The summed E-state index contributed by atoms with van der Waals surface area (Å²) in [5, 5.41) is 0. The summed E-state index contributed by atoms with van der Waals surface area (Å²) >= 11 is 3.08. The van der Waals surface area contributed by atoms with E-state index in [2.05, 4.69) is 20.9 Å². The normalized spacial score (nSPS) is 14.2. The zero-order valence-corrected chi connectivity index (χ0v) is 6.14. The smallest absolute Gasteiger partial charge is 0.133 e. The van der Waals surface area contributed by atoms with E-state index in [1.54, 1.807) is 7.05 Å². The van der Waals surface area contributed by atoms with Crippen LogP contribution >= 0.6 is 15.9 Å². The molecule has 8 heavy (non-hydrogen) atoms. The predicted molar refractivity (Wildman–Crippen MR) is 38.7 cm³/mol. The van der Waals surface area contributed by atoms with Crippen LogP contribution in [0, 0.1) is 0 Å². The van der Waals surface area contributed by atoms with Crippen LogP contribution in [-0.2, 0) is 0 Å². The van der Waals surface area contributed by atoms with Crippen LogP contribution in [0.3, 0.4) is 0 Å². The second kappa shape index (κ2) is 3.49. The van der Waals surface area contributed by atoms with Crippen molar-refractivity contribution in [2.45, 2.75) is 0 Å². The Morgan fingerprint density at radius 1 is 1.75 bits per heavy atom. The van der Waals surface area contributed by atoms with Crippen LogP contribution in [0.15, 0.2) is 15.7 Å². The number of nitrogens with zero attached hydrogens (tertiary/aromatic N) is 1. The molecule has 0 unspecified atom stereocenters. The highest BCUT2D eigenvalue weighted by atomic mass is 79.9. The topological polar surface area (TPSA) is 64.4 Å². The second-order valence-corrected chi connectivity index (χ2v) is 1.98. The molecular weight excluding hydrogens is 170 g/mol. The fraction of sp³-hybridized carbons (Fsp3) is 0.250. The highest BCUT2D eigenvalue weighted by Gasteiger charge is 1.91. The van der Waals surface area contributed by atoms with Gasteiger partial charge in [-0.2, -0.15) is 0 Å². The molecule has 0 aliphatic carbocycles. The quantitative estimate of drug-likeness (QED) is 0.444. The van der Waals surface area contributed by atoms with Crippen molar-refractivity contribution >= 4 is 21.8 Å². The first-order valence-corrected chi connectivity index (χ1v) is 2.81. The van der Waals surface area contributed by atoms with Crippen LogP contribution in [0.4, 0.5) is 0 Å². The minimum absolute atomic E-state index is 0.410. The Kier molecular flexibility index (Phi) is 3.26. The van der Waals surface area contributed by atoms with E-state index in [0.29, 0.717) is 10.3 Å². The van der Waals surface area contributed by atoms with Crippen molar-refractivity contribution in [3.63, 3.8) is 0 Å². The van der Waals surface area contributed by atoms with E-state index in [1.165, 1.54) is 6.20 Å². The van der Waals surface area contributed by atoms with E-state index < -0.39 is 0 Å². The summed E-state index contributed by atoms with van der Waals surface area (Å²) in [5.74, 6) is 0.410. The maximum absolute atomic E-state index is 5.28. The van der Waals surface area contributed by atoms with Crippen molar-refractivity contribution in [2.24, 2.45) is 16.5 Å². The van der Waals surface area contributed by atoms with Gasteiger partial charge in [0, 0.05) is 13.2 Å². The van der Waals surface area contributed by atoms with Gasteiger partial charge in [-0.15, -0.1) is 0 Å². The highest BCUT2D eigenvalue weighted by Crippen LogP contribution is 2.00. The minimum Gasteiger partial charge on any atom is -0.404 e. The molecule has 46 valence electrons. The van der Waals surface area contributed by atoms with Crippen molar-refractivity contribution in [3.8, 4) is 0 Å². The molecule has 3 nitrogen and oxygen atoms in total. The minimum atomic E-state index is 0.410. The Labute approximate surface area is 56.6 Å². The fourth-order valence-corrected chi connectivity index (χ4v) is 0.370. The standard InChI is InChI=1S/C4H8BrN3/c1-8-4(7)3(5)2-6/h2H,6H2,1H3,(H2,7,8)/b3-2+. The number of aliphatic imine (C=N–C) groups is 1. The highest BCUT2D eigenvalue weighted by molar-refractivity contribution is 9.12. The predicted octanol–water partition coefficient (Wildman–Crippen LogP) is 0.168. The second-order valence-electron chi connectivity index (χ2n) is 1.12. The number of nitrogens with two attached hydrogens (primary N) is 2. The van der Waals surface area contributed by atoms with Gasteiger partial charge in [0.05, 0.1) is 4.48 Å². The number of halogens is 1. The molecule has 0 fully saturated rings. The third-order valence-corrected chi connectivity index (χ3v) is 1.30. The summed E-state index contributed by atoms with van der Waals surface area (Å²) in [6.45, 7) is 0. The maximum Gasteiger partial charge on any atom is 0.133 e. The summed E-state index contributed by atoms with van der Waals surface area (Å²) in [7, 11) is 1.60. The lowest BCUT2D eigenvalue weighted by atomic mass is 10.6. The Hall–Kier alpha value is -0.510. The summed E-state index contributed by atoms with van der Waals surface area (Å²) in [6.07, 6.45) is 1.35. The Balaban J connectivity index is 4.04. The summed E-state index contributed by atoms with van der Waals surface area (Å²) in [4.78, 5) is 3.66. The molecule has 0 aromatic heterocycles. The third-order valence-electron chi connectivity index (χ3n) is 0.632. The Morgan fingerprint density at radius 2 is 2.25 bits per heavy atom. The van der Waals surface area contributed by atoms with E-state index >= 15 is 0 Å². The van der Waals surface area contributed by atoms with Crippen molar-refractivity contribution in [1.29, 1.82) is 0 Å². The van der Waals surface area contributed by atoms with Gasteiger partial charge in [-0.1, -0.05) is 0 Å². The van der Waals surface area contributed by atoms with E-state index in [9.17, 15) is 0 Å². The van der Waals surface area contributed by atoms with E-state index in [0.717, 1.165) is 0 Å². The average molecular weight is 178 g/mol. The molecule has 0 rings (SSSR count). The van der Waals surface area contributed by atoms with Gasteiger partial charge in [0.25, 0.3) is 0 Å². The van der Waals surface area contributed by atoms with Crippen molar-refractivity contribution < 1.29 is 0 Å². The first-order chi connectivity index (χ1) is 3.72. The molecule has 0 saturated carbocycles. The van der Waals surface area contributed by atoms with Crippen molar-refractivity contribution in [3.05, 3.63) is 10.7 Å². The number of amidine groups is 1. The number of hydrogen-bond donors (Lipinski definition) is 2. The van der Waals surface area contributed by atoms with Crippen LogP contribution in [0.25, 0.3) is 0 Å². The van der Waals surface area contributed by atoms with E-state index in [4.69, 9.17) is 11.5 Å². The van der Waals surface area contributed by atoms with Crippen LogP contribution in [0.2, 0.25) is 0 Å². The van der Waals surface area contributed by atoms with Gasteiger partial charge in [-0.25, -0.2) is 0 Å². The number of rotatable bonds is 1. The molecule has 0 aromatic rings. The van der Waals surface area contributed by atoms with Crippen molar-refractivity contribution in [1.82, 2.24) is 0 Å². The lowest BCUT2D eigenvalue weighted by Gasteiger charge is -1.91. The molecule has 0 atom stereocenters. The summed E-state index contributed by atoms with van der Waals surface area (Å²) < 4.78 is 0.625. The molecule has 0 bridgehead atoms. The molecule has 0 aromatic carbocycles. The third kappa shape index (κ3) is 1.97. The average Bonchev–Trinajstić information content (AvgIpc) is 1.84. The summed E-state index contributed by atoms with van der Waals surface area (Å²) in [5.41, 5.74) is 10.4. The Bertz CT molecular complexity index is 111. The van der Waals surface area contributed by atoms with Crippen LogP contribution in [-0.4, -0.2) is 12.9 Å². The van der Waals surface area contributed by atoms with Gasteiger partial charge in [-0.3, -0.25) is 4.99 Å².